The van der Waals surface area contributed by atoms with Gasteiger partial charge in [-0.05, 0) is 73.1 Å². The summed E-state index contributed by atoms with van der Waals surface area (Å²) in [7, 11) is 0. The molecule has 2 saturated carbocycles. The normalized spacial score (nSPS) is 44.9. The number of carbonyl (C=O) groups excluding carboxylic acids is 1. The van der Waals surface area contributed by atoms with Crippen LogP contribution in [0.1, 0.15) is 65.7 Å². The molecule has 2 aliphatic carbocycles. The molecule has 0 radical (unpaired) electrons. The minimum Gasteiger partial charge on any atom is -0.462 e. The van der Waals surface area contributed by atoms with Crippen LogP contribution in [-0.4, -0.2) is 12.1 Å². The van der Waals surface area contributed by atoms with Gasteiger partial charge in [-0.1, -0.05) is 42.3 Å². The molecule has 0 spiro atoms. The largest absolute Gasteiger partial charge is 0.462 e. The van der Waals surface area contributed by atoms with Gasteiger partial charge in [0.25, 0.3) is 0 Å². The number of rotatable bonds is 3. The van der Waals surface area contributed by atoms with Crippen LogP contribution in [0.2, 0.25) is 0 Å². The lowest BCUT2D eigenvalue weighted by Crippen LogP contribution is -2.36. The summed E-state index contributed by atoms with van der Waals surface area (Å²) in [5, 5.41) is 0. The molecular formula is C19H29BrO2. The van der Waals surface area contributed by atoms with E-state index >= 15 is 0 Å². The van der Waals surface area contributed by atoms with Crippen molar-refractivity contribution >= 4 is 21.9 Å². The molecule has 2 nitrogen and oxygen atoms in total. The fourth-order valence-corrected chi connectivity index (χ4v) is 6.24. The Kier molecular flexibility index (Phi) is 4.74. The summed E-state index contributed by atoms with van der Waals surface area (Å²) in [5.74, 6) is 2.29. The van der Waals surface area contributed by atoms with E-state index in [0.717, 1.165) is 24.7 Å². The first-order valence-electron chi connectivity index (χ1n) is 8.95. The molecular weight excluding hydrogens is 340 g/mol. The maximum Gasteiger partial charge on any atom is 0.309 e. The number of hydrogen-bond donors (Lipinski definition) is 0. The summed E-state index contributed by atoms with van der Waals surface area (Å²) in [6, 6.07) is 0. The Morgan fingerprint density at radius 1 is 1.45 bits per heavy atom. The third-order valence-electron chi connectivity index (χ3n) is 6.80. The first-order valence-corrected chi connectivity index (χ1v) is 9.87. The van der Waals surface area contributed by atoms with E-state index in [1.54, 1.807) is 5.57 Å². The van der Waals surface area contributed by atoms with E-state index in [1.165, 1.54) is 32.1 Å². The fourth-order valence-electron chi connectivity index (χ4n) is 5.69. The maximum atomic E-state index is 11.6. The topological polar surface area (TPSA) is 26.3 Å². The first-order chi connectivity index (χ1) is 10.5. The van der Waals surface area contributed by atoms with Gasteiger partial charge >= 0.3 is 5.97 Å². The van der Waals surface area contributed by atoms with Gasteiger partial charge in [0, 0.05) is 0 Å². The number of hydrogen-bond acceptors (Lipinski definition) is 2. The van der Waals surface area contributed by atoms with Crippen LogP contribution in [-0.2, 0) is 9.53 Å². The SMILES string of the molecule is C[C@H](C[C@@H]1C[C@H](C)C(=O)O1)[C@H]1CCC2C(=CBr)CCC[C@]21C. The second-order valence-electron chi connectivity index (χ2n) is 8.19. The number of fused-ring (bicyclic) bond motifs is 1. The highest BCUT2D eigenvalue weighted by molar-refractivity contribution is 9.11. The number of allylic oxidation sites excluding steroid dienone is 1. The third-order valence-corrected chi connectivity index (χ3v) is 7.39. The van der Waals surface area contributed by atoms with Crippen molar-refractivity contribution in [3.63, 3.8) is 0 Å². The standard InChI is InChI=1S/C19H29BrO2/c1-12(9-15-10-13(2)18(21)22-15)16-6-7-17-14(11-20)5-4-8-19(16,17)3/h11-13,15-17H,4-10H2,1-3H3/t12-,13+,15-,16-,17?,19+/m1/s1. The monoisotopic (exact) mass is 368 g/mol. The first kappa shape index (κ1) is 16.5. The molecule has 3 fully saturated rings. The van der Waals surface area contributed by atoms with Crippen molar-refractivity contribution in [1.29, 1.82) is 0 Å². The molecule has 22 heavy (non-hydrogen) atoms. The van der Waals surface area contributed by atoms with E-state index < -0.39 is 0 Å². The van der Waals surface area contributed by atoms with Gasteiger partial charge in [0.2, 0.25) is 0 Å². The number of esters is 1. The van der Waals surface area contributed by atoms with Gasteiger partial charge in [-0.25, -0.2) is 0 Å². The van der Waals surface area contributed by atoms with Gasteiger partial charge in [-0.15, -0.1) is 0 Å². The molecule has 6 atom stereocenters. The van der Waals surface area contributed by atoms with Gasteiger partial charge < -0.3 is 4.74 Å². The quantitative estimate of drug-likeness (QED) is 0.618. The van der Waals surface area contributed by atoms with Crippen LogP contribution in [0.15, 0.2) is 10.6 Å². The van der Waals surface area contributed by atoms with E-state index in [4.69, 9.17) is 4.74 Å². The zero-order valence-electron chi connectivity index (χ0n) is 14.1. The van der Waals surface area contributed by atoms with Gasteiger partial charge in [0.1, 0.15) is 6.10 Å². The van der Waals surface area contributed by atoms with E-state index in [-0.39, 0.29) is 18.0 Å². The molecule has 3 heteroatoms. The summed E-state index contributed by atoms with van der Waals surface area (Å²) in [6.45, 7) is 6.90. The molecule has 1 unspecified atom stereocenters. The fraction of sp³-hybridized carbons (Fsp3) is 0.842. The molecule has 3 rings (SSSR count). The van der Waals surface area contributed by atoms with E-state index in [0.29, 0.717) is 11.3 Å². The lowest BCUT2D eigenvalue weighted by atomic mass is 9.61. The minimum absolute atomic E-state index is 0.00915. The van der Waals surface area contributed by atoms with Crippen molar-refractivity contribution in [2.45, 2.75) is 71.8 Å². The predicted molar refractivity (Wildman–Crippen MR) is 92.6 cm³/mol. The Bertz CT molecular complexity index is 472. The van der Waals surface area contributed by atoms with E-state index in [2.05, 4.69) is 34.8 Å². The number of ether oxygens (including phenoxy) is 1. The molecule has 1 saturated heterocycles. The molecule has 124 valence electrons. The van der Waals surface area contributed by atoms with Crippen LogP contribution in [0, 0.1) is 29.1 Å². The Morgan fingerprint density at radius 2 is 2.23 bits per heavy atom. The number of cyclic esters (lactones) is 1. The van der Waals surface area contributed by atoms with Crippen molar-refractivity contribution in [3.8, 4) is 0 Å². The highest BCUT2D eigenvalue weighted by Crippen LogP contribution is 2.60. The van der Waals surface area contributed by atoms with Gasteiger partial charge in [0.15, 0.2) is 0 Å². The Hall–Kier alpha value is -0.310. The predicted octanol–water partition coefficient (Wildman–Crippen LogP) is 5.46. The van der Waals surface area contributed by atoms with Crippen LogP contribution in [0.4, 0.5) is 0 Å². The van der Waals surface area contributed by atoms with Crippen LogP contribution >= 0.6 is 15.9 Å². The summed E-state index contributed by atoms with van der Waals surface area (Å²) >= 11 is 3.59. The van der Waals surface area contributed by atoms with E-state index in [9.17, 15) is 4.79 Å². The summed E-state index contributed by atoms with van der Waals surface area (Å²) in [5.41, 5.74) is 2.08. The average molecular weight is 369 g/mol. The average Bonchev–Trinajstić information content (AvgIpc) is 2.98. The van der Waals surface area contributed by atoms with Crippen molar-refractivity contribution < 1.29 is 9.53 Å². The van der Waals surface area contributed by atoms with Crippen molar-refractivity contribution in [2.75, 3.05) is 0 Å². The van der Waals surface area contributed by atoms with Crippen LogP contribution in [0.3, 0.4) is 0 Å². The molecule has 1 aliphatic heterocycles. The second-order valence-corrected chi connectivity index (χ2v) is 8.65. The van der Waals surface area contributed by atoms with Gasteiger partial charge in [-0.2, -0.15) is 0 Å². The molecule has 0 N–H and O–H groups in total. The Balaban J connectivity index is 1.68. The third kappa shape index (κ3) is 2.79. The summed E-state index contributed by atoms with van der Waals surface area (Å²) < 4.78 is 5.56. The van der Waals surface area contributed by atoms with Crippen molar-refractivity contribution in [2.24, 2.45) is 29.1 Å². The molecule has 1 heterocycles. The molecule has 0 amide bonds. The van der Waals surface area contributed by atoms with Crippen molar-refractivity contribution in [3.05, 3.63) is 10.6 Å². The number of halogens is 1. The van der Waals surface area contributed by atoms with Crippen molar-refractivity contribution in [1.82, 2.24) is 0 Å². The lowest BCUT2D eigenvalue weighted by Gasteiger charge is -2.44. The van der Waals surface area contributed by atoms with E-state index in [1.807, 2.05) is 6.92 Å². The zero-order chi connectivity index (χ0) is 15.9. The summed E-state index contributed by atoms with van der Waals surface area (Å²) in [6.07, 6.45) is 8.76. The highest BCUT2D eigenvalue weighted by atomic mass is 79.9. The Morgan fingerprint density at radius 3 is 2.86 bits per heavy atom. The maximum absolute atomic E-state index is 11.6. The highest BCUT2D eigenvalue weighted by Gasteiger charge is 2.51. The van der Waals surface area contributed by atoms with Crippen LogP contribution in [0.25, 0.3) is 0 Å². The molecule has 0 aromatic carbocycles. The van der Waals surface area contributed by atoms with Gasteiger partial charge in [0.05, 0.1) is 5.92 Å². The Labute approximate surface area is 143 Å². The summed E-state index contributed by atoms with van der Waals surface area (Å²) in [4.78, 5) is 13.8. The molecule has 0 bridgehead atoms. The van der Waals surface area contributed by atoms with Crippen LogP contribution in [0.5, 0.6) is 0 Å². The molecule has 0 aromatic rings. The lowest BCUT2D eigenvalue weighted by molar-refractivity contribution is -0.144. The van der Waals surface area contributed by atoms with Gasteiger partial charge in [-0.3, -0.25) is 4.79 Å². The smallest absolute Gasteiger partial charge is 0.309 e. The number of carbonyl (C=O) groups is 1. The molecule has 0 aromatic heterocycles. The van der Waals surface area contributed by atoms with Crippen LogP contribution < -0.4 is 0 Å². The molecule has 3 aliphatic rings. The zero-order valence-corrected chi connectivity index (χ0v) is 15.7. The minimum atomic E-state index is 0.00915. The second kappa shape index (κ2) is 6.30.